The molecule has 0 aromatic carbocycles. The van der Waals surface area contributed by atoms with Gasteiger partial charge in [-0.25, -0.2) is 0 Å². The van der Waals surface area contributed by atoms with Crippen LogP contribution < -0.4 is 20.4 Å². The number of ketones is 4. The van der Waals surface area contributed by atoms with E-state index in [1.54, 1.807) is 28.2 Å². The van der Waals surface area contributed by atoms with Crippen LogP contribution in [0.1, 0.15) is 55.4 Å². The molecule has 68 heavy (non-hydrogen) atoms. The van der Waals surface area contributed by atoms with E-state index in [2.05, 4.69) is 27.7 Å². The van der Waals surface area contributed by atoms with E-state index in [4.69, 9.17) is 46.4 Å². The number of hydrogen-bond donors (Lipinski definition) is 0. The second-order valence-corrected chi connectivity index (χ2v) is 22.5. The molecule has 0 N–H and O–H groups in total. The van der Waals surface area contributed by atoms with Gasteiger partial charge in [0.2, 0.25) is 12.8 Å². The maximum atomic E-state index is 11.3. The summed E-state index contributed by atoms with van der Waals surface area (Å²) in [7, 11) is -1.60. The monoisotopic (exact) mass is 1270 g/mol. The zero-order valence-electron chi connectivity index (χ0n) is 37.3. The summed E-state index contributed by atoms with van der Waals surface area (Å²) in [4.78, 5) is 67.4. The van der Waals surface area contributed by atoms with Crippen molar-refractivity contribution in [3.63, 3.8) is 0 Å². The van der Waals surface area contributed by atoms with Crippen LogP contribution in [0.25, 0.3) is 0 Å². The topological polar surface area (TPSA) is 339 Å². The molecule has 2 amide bonds. The van der Waals surface area contributed by atoms with Crippen LogP contribution >= 0.6 is 116 Å². The SMILES string of the molecule is CC(=O)/C(Sc1nnc(S/C(C(C)=O)=C(\C)[O-])s1)=C(/C)[O-].CC(=O)/C(Sc1nnc(S/C(C(C)=O)=C(\C)[O-])s1)=C(/C)[O-].CN(C)C=O.CN(C)C=O.ClCCl.ClCCl.O=S1(=O)OS(=O)(=O)O1.[Fe+2].[Fe+2]. The molecule has 1 aliphatic rings. The first kappa shape index (κ1) is 77.8. The molecule has 2 aromatic rings. The van der Waals surface area contributed by atoms with Gasteiger partial charge in [-0.05, 0) is 27.7 Å². The van der Waals surface area contributed by atoms with Gasteiger partial charge in [-0.2, -0.15) is 16.8 Å². The van der Waals surface area contributed by atoms with Gasteiger partial charge < -0.3 is 30.2 Å². The van der Waals surface area contributed by atoms with Gasteiger partial charge in [-0.15, -0.1) is 89.8 Å². The zero-order chi connectivity index (χ0) is 52.7. The van der Waals surface area contributed by atoms with Gasteiger partial charge in [0.25, 0.3) is 0 Å². The molecule has 0 spiro atoms. The number of carbonyl (C=O) groups excluding carboxylic acids is 6. The van der Waals surface area contributed by atoms with Crippen LogP contribution in [0.15, 0.2) is 60.0 Å². The molecule has 22 nitrogen and oxygen atoms in total. The number of aromatic nitrogens is 4. The van der Waals surface area contributed by atoms with Crippen molar-refractivity contribution in [1.29, 1.82) is 0 Å². The summed E-state index contributed by atoms with van der Waals surface area (Å²) in [6, 6.07) is 0. The summed E-state index contributed by atoms with van der Waals surface area (Å²) >= 11 is 25.0. The van der Waals surface area contributed by atoms with Gasteiger partial charge in [-0.1, -0.05) is 105 Å². The van der Waals surface area contributed by atoms with E-state index in [0.717, 1.165) is 82.5 Å². The predicted molar refractivity (Wildman–Crippen MR) is 249 cm³/mol. The first-order valence-electron chi connectivity index (χ1n) is 16.6. The minimum atomic E-state index is -4.18. The number of amides is 2. The first-order valence-corrected chi connectivity index (χ1v) is 26.3. The number of halogens is 4. The molecule has 0 unspecified atom stereocenters. The van der Waals surface area contributed by atoms with Crippen LogP contribution in [0, 0.1) is 0 Å². The average Bonchev–Trinajstić information content (AvgIpc) is 3.82. The Labute approximate surface area is 460 Å². The number of allylic oxidation sites excluding steroid dienone is 8. The van der Waals surface area contributed by atoms with Crippen LogP contribution in [0.2, 0.25) is 0 Å². The minimum Gasteiger partial charge on any atom is -0.875 e. The molecule has 0 bridgehead atoms. The third-order valence-corrected chi connectivity index (χ3v) is 14.7. The Balaban J connectivity index is -0.000000188. The molecule has 3 rings (SSSR count). The molecule has 0 radical (unpaired) electrons. The standard InChI is InChI=1S/2C12H14N2O4S3.2C3H7NO.2CH2Cl2.2Fe.O6S2/c2*1-5(15)9(6(2)16)19-11-13-14-12(21-11)20-10(7(3)17)8(4)18;2*1-4(2)3-5;2*2-1-3;;;1-7(2)5-8(3,4)6-7/h2*15,17H,1-4H3;2*3H,1-2H3;2*1H2;;;/q;;;;;;2*+2;/p-4/b2*9-5+,10-7+;;;;;;;. The van der Waals surface area contributed by atoms with E-state index >= 15 is 0 Å². The van der Waals surface area contributed by atoms with E-state index in [-0.39, 0.29) is 111 Å². The van der Waals surface area contributed by atoms with Crippen LogP contribution in [-0.2, 0) is 91.0 Å². The van der Waals surface area contributed by atoms with Gasteiger partial charge >= 0.3 is 54.9 Å². The van der Waals surface area contributed by atoms with Crippen molar-refractivity contribution in [3.05, 3.63) is 42.7 Å². The third kappa shape index (κ3) is 40.0. The minimum absolute atomic E-state index is 0. The van der Waals surface area contributed by atoms with Crippen molar-refractivity contribution in [2.75, 3.05) is 38.9 Å². The number of alkyl halides is 4. The molecular formula is C32H42Cl4Fe2N6O16S8. The summed E-state index contributed by atoms with van der Waals surface area (Å²) < 4.78 is 46.8. The van der Waals surface area contributed by atoms with Gasteiger partial charge in [0, 0.05) is 47.8 Å². The van der Waals surface area contributed by atoms with Crippen molar-refractivity contribution in [2.45, 2.75) is 72.7 Å². The summed E-state index contributed by atoms with van der Waals surface area (Å²) in [5.74, 6) is -2.69. The van der Waals surface area contributed by atoms with E-state index in [1.165, 1.54) is 65.2 Å². The molecule has 1 saturated heterocycles. The third-order valence-electron chi connectivity index (χ3n) is 4.85. The molecule has 0 saturated carbocycles. The Kier molecular flexibility index (Phi) is 47.9. The molecule has 1 fully saturated rings. The molecule has 2 aromatic heterocycles. The van der Waals surface area contributed by atoms with Crippen LogP contribution in [0.4, 0.5) is 0 Å². The molecule has 3 heterocycles. The quantitative estimate of drug-likeness (QED) is 0.0655. The largest absolute Gasteiger partial charge is 2.00 e. The Morgan fingerprint density at radius 1 is 0.500 bits per heavy atom. The Hall–Kier alpha value is -1.68. The summed E-state index contributed by atoms with van der Waals surface area (Å²) in [6.07, 6.45) is 1.50. The van der Waals surface area contributed by atoms with Crippen molar-refractivity contribution >= 4 is 173 Å². The number of thioether (sulfide) groups is 4. The fourth-order valence-corrected chi connectivity index (χ4v) is 10.1. The van der Waals surface area contributed by atoms with E-state index < -0.39 is 20.8 Å². The molecule has 0 aliphatic carbocycles. The van der Waals surface area contributed by atoms with Crippen molar-refractivity contribution < 1.29 is 107 Å². The average molecular weight is 1280 g/mol. The summed E-state index contributed by atoms with van der Waals surface area (Å²) in [5, 5.41) is 61.1. The Bertz CT molecular complexity index is 1990. The smallest absolute Gasteiger partial charge is 0.875 e. The fraction of sp³-hybridized carbons (Fsp3) is 0.438. The predicted octanol–water partition coefficient (Wildman–Crippen LogP) is 2.94. The van der Waals surface area contributed by atoms with Crippen molar-refractivity contribution in [3.8, 4) is 0 Å². The molecule has 36 heteroatoms. The second kappa shape index (κ2) is 41.9. The van der Waals surface area contributed by atoms with E-state index in [0.29, 0.717) is 17.4 Å². The van der Waals surface area contributed by atoms with Gasteiger partial charge in [-0.3, -0.25) is 28.8 Å². The molecular weight excluding hydrogens is 1230 g/mol. The summed E-state index contributed by atoms with van der Waals surface area (Å²) in [5.41, 5.74) is 0. The van der Waals surface area contributed by atoms with Crippen LogP contribution in [0.3, 0.4) is 0 Å². The second-order valence-electron chi connectivity index (χ2n) is 11.1. The van der Waals surface area contributed by atoms with E-state index in [9.17, 15) is 66.0 Å². The number of carbonyl (C=O) groups is 6. The fourth-order valence-electron chi connectivity index (χ4n) is 2.68. The normalized spacial score (nSPS) is 13.5. The molecule has 388 valence electrons. The van der Waals surface area contributed by atoms with Gasteiger partial charge in [0.1, 0.15) is 0 Å². The maximum Gasteiger partial charge on any atom is 2.00 e. The number of Topliss-reactive ketones (excluding diaryl/α,β-unsaturated/α-hetero) is 4. The number of rotatable bonds is 14. The van der Waals surface area contributed by atoms with Gasteiger partial charge in [0.05, 0.1) is 10.7 Å². The number of hydrogen-bond acceptors (Lipinski definition) is 26. The van der Waals surface area contributed by atoms with Crippen molar-refractivity contribution in [1.82, 2.24) is 30.2 Å². The van der Waals surface area contributed by atoms with Gasteiger partial charge in [0.15, 0.2) is 40.5 Å². The Morgan fingerprint density at radius 3 is 0.721 bits per heavy atom. The molecule has 1 aliphatic heterocycles. The van der Waals surface area contributed by atoms with Crippen molar-refractivity contribution in [2.24, 2.45) is 0 Å². The number of nitrogens with zero attached hydrogens (tertiary/aromatic N) is 6. The Morgan fingerprint density at radius 2 is 0.647 bits per heavy atom. The van der Waals surface area contributed by atoms with Crippen LogP contribution in [0.5, 0.6) is 0 Å². The summed E-state index contributed by atoms with van der Waals surface area (Å²) in [6.45, 7) is 10.4. The van der Waals surface area contributed by atoms with E-state index in [1.807, 2.05) is 0 Å². The maximum absolute atomic E-state index is 11.3. The molecule has 0 atom stereocenters. The zero-order valence-corrected chi connectivity index (χ0v) is 49.0. The van der Waals surface area contributed by atoms with Crippen LogP contribution in [-0.4, -0.2) is 122 Å². The first-order chi connectivity index (χ1) is 30.2.